The van der Waals surface area contributed by atoms with E-state index in [-0.39, 0.29) is 17.4 Å². The maximum atomic E-state index is 12.3. The first kappa shape index (κ1) is 21.4. The predicted octanol–water partition coefficient (Wildman–Crippen LogP) is 2.87. The molecule has 0 saturated heterocycles. The zero-order valence-electron chi connectivity index (χ0n) is 17.5. The van der Waals surface area contributed by atoms with Gasteiger partial charge in [0.15, 0.2) is 11.5 Å². The summed E-state index contributed by atoms with van der Waals surface area (Å²) in [6.07, 6.45) is 1.59. The van der Waals surface area contributed by atoms with E-state index in [9.17, 15) is 9.59 Å². The number of nitrogens with zero attached hydrogens (tertiary/aromatic N) is 1. The molecule has 0 fully saturated rings. The van der Waals surface area contributed by atoms with Crippen LogP contribution in [0, 0.1) is 5.92 Å². The van der Waals surface area contributed by atoms with Gasteiger partial charge in [0.05, 0.1) is 25.1 Å². The smallest absolute Gasteiger partial charge is 0.258 e. The Morgan fingerprint density at radius 2 is 1.90 bits per heavy atom. The van der Waals surface area contributed by atoms with Gasteiger partial charge in [-0.05, 0) is 42.2 Å². The van der Waals surface area contributed by atoms with Crippen LogP contribution in [0.15, 0.2) is 47.3 Å². The van der Waals surface area contributed by atoms with Crippen LogP contribution >= 0.6 is 0 Å². The van der Waals surface area contributed by atoms with Crippen LogP contribution in [0.25, 0.3) is 10.9 Å². The van der Waals surface area contributed by atoms with Crippen molar-refractivity contribution >= 4 is 16.8 Å². The van der Waals surface area contributed by atoms with Crippen LogP contribution in [-0.2, 0) is 17.6 Å². The summed E-state index contributed by atoms with van der Waals surface area (Å²) in [5.41, 5.74) is 1.57. The number of rotatable bonds is 9. The second kappa shape index (κ2) is 9.91. The zero-order chi connectivity index (χ0) is 21.5. The van der Waals surface area contributed by atoms with Crippen molar-refractivity contribution in [1.29, 1.82) is 0 Å². The minimum Gasteiger partial charge on any atom is -0.493 e. The highest BCUT2D eigenvalue weighted by Gasteiger charge is 2.12. The quantitative estimate of drug-likeness (QED) is 0.567. The first-order valence-electron chi connectivity index (χ1n) is 9.95. The molecule has 2 N–H and O–H groups in total. The van der Waals surface area contributed by atoms with Crippen molar-refractivity contribution in [1.82, 2.24) is 15.3 Å². The number of carbonyl (C=O) groups is 1. The minimum absolute atomic E-state index is 0.0221. The van der Waals surface area contributed by atoms with Crippen LogP contribution in [0.3, 0.4) is 0 Å². The molecular weight excluding hydrogens is 382 g/mol. The Bertz CT molecular complexity index is 1080. The van der Waals surface area contributed by atoms with E-state index < -0.39 is 0 Å². The molecule has 7 heteroatoms. The van der Waals surface area contributed by atoms with Crippen molar-refractivity contribution in [3.8, 4) is 11.5 Å². The molecule has 2 aromatic carbocycles. The van der Waals surface area contributed by atoms with E-state index in [0.717, 1.165) is 5.56 Å². The summed E-state index contributed by atoms with van der Waals surface area (Å²) in [5, 5.41) is 3.52. The molecule has 1 amide bonds. The lowest BCUT2D eigenvalue weighted by Gasteiger charge is -2.12. The van der Waals surface area contributed by atoms with Gasteiger partial charge in [0.1, 0.15) is 5.82 Å². The molecule has 1 aromatic heterocycles. The Labute approximate surface area is 175 Å². The number of ether oxygens (including phenoxy) is 2. The number of hydrogen-bond acceptors (Lipinski definition) is 5. The third-order valence-corrected chi connectivity index (χ3v) is 4.92. The topological polar surface area (TPSA) is 93.3 Å². The number of hydrogen-bond donors (Lipinski definition) is 2. The Balaban J connectivity index is 1.50. The standard InChI is InChI=1S/C23H27N3O4/c1-15(12-21-25-18-7-5-4-6-17(18)23(28)26-21)13-22(27)24-11-10-16-8-9-19(29-2)20(14-16)30-3/h4-9,14-15H,10-13H2,1-3H3,(H,24,27)(H,25,26,28)/t15-/m1/s1. The molecule has 0 aliphatic rings. The Morgan fingerprint density at radius 3 is 2.67 bits per heavy atom. The maximum absolute atomic E-state index is 12.3. The molecule has 0 unspecified atom stereocenters. The number of methoxy groups -OCH3 is 2. The monoisotopic (exact) mass is 409 g/mol. The maximum Gasteiger partial charge on any atom is 0.258 e. The molecular formula is C23H27N3O4. The number of aromatic amines is 1. The van der Waals surface area contributed by atoms with E-state index in [1.165, 1.54) is 0 Å². The zero-order valence-corrected chi connectivity index (χ0v) is 17.5. The van der Waals surface area contributed by atoms with Gasteiger partial charge in [-0.3, -0.25) is 9.59 Å². The SMILES string of the molecule is COc1ccc(CCNC(=O)C[C@H](C)Cc2nc3ccccc3c(=O)[nH]2)cc1OC. The predicted molar refractivity (Wildman–Crippen MR) is 116 cm³/mol. The minimum atomic E-state index is -0.151. The number of benzene rings is 2. The molecule has 0 aliphatic heterocycles. The Morgan fingerprint density at radius 1 is 1.13 bits per heavy atom. The lowest BCUT2D eigenvalue weighted by Crippen LogP contribution is -2.27. The molecule has 0 bridgehead atoms. The van der Waals surface area contributed by atoms with Crippen molar-refractivity contribution in [3.63, 3.8) is 0 Å². The molecule has 1 atom stereocenters. The van der Waals surface area contributed by atoms with Crippen LogP contribution in [0.2, 0.25) is 0 Å². The normalized spacial score (nSPS) is 11.8. The van der Waals surface area contributed by atoms with Crippen molar-refractivity contribution in [2.75, 3.05) is 20.8 Å². The van der Waals surface area contributed by atoms with Crippen LogP contribution in [0.5, 0.6) is 11.5 Å². The highest BCUT2D eigenvalue weighted by atomic mass is 16.5. The summed E-state index contributed by atoms with van der Waals surface area (Å²) in [6, 6.07) is 13.0. The first-order chi connectivity index (χ1) is 14.5. The molecule has 1 heterocycles. The summed E-state index contributed by atoms with van der Waals surface area (Å²) in [6.45, 7) is 2.51. The fourth-order valence-electron chi connectivity index (χ4n) is 3.40. The average Bonchev–Trinajstić information content (AvgIpc) is 2.73. The van der Waals surface area contributed by atoms with Gasteiger partial charge in [-0.1, -0.05) is 25.1 Å². The fourth-order valence-corrected chi connectivity index (χ4v) is 3.40. The van der Waals surface area contributed by atoms with Gasteiger partial charge in [-0.2, -0.15) is 0 Å². The van der Waals surface area contributed by atoms with Gasteiger partial charge in [0.2, 0.25) is 5.91 Å². The summed E-state index contributed by atoms with van der Waals surface area (Å²) >= 11 is 0. The van der Waals surface area contributed by atoms with Crippen LogP contribution in [-0.4, -0.2) is 36.6 Å². The average molecular weight is 409 g/mol. The van der Waals surface area contributed by atoms with Crippen LogP contribution in [0.1, 0.15) is 24.7 Å². The van der Waals surface area contributed by atoms with E-state index in [1.807, 2.05) is 43.3 Å². The van der Waals surface area contributed by atoms with Crippen molar-refractivity contribution < 1.29 is 14.3 Å². The summed E-state index contributed by atoms with van der Waals surface area (Å²) in [5.74, 6) is 1.98. The van der Waals surface area contributed by atoms with Gasteiger partial charge in [0, 0.05) is 19.4 Å². The van der Waals surface area contributed by atoms with Gasteiger partial charge in [0.25, 0.3) is 5.56 Å². The highest BCUT2D eigenvalue weighted by molar-refractivity contribution is 5.77. The largest absolute Gasteiger partial charge is 0.493 e. The van der Waals surface area contributed by atoms with Gasteiger partial charge >= 0.3 is 0 Å². The Hall–Kier alpha value is -3.35. The summed E-state index contributed by atoms with van der Waals surface area (Å²) < 4.78 is 10.5. The first-order valence-corrected chi connectivity index (χ1v) is 9.95. The number of amides is 1. The van der Waals surface area contributed by atoms with E-state index in [4.69, 9.17) is 9.47 Å². The molecule has 7 nitrogen and oxygen atoms in total. The Kier molecular flexibility index (Phi) is 7.06. The number of carbonyl (C=O) groups excluding carboxylic acids is 1. The number of nitrogens with one attached hydrogen (secondary N) is 2. The van der Waals surface area contributed by atoms with E-state index in [2.05, 4.69) is 15.3 Å². The molecule has 0 saturated carbocycles. The molecule has 3 rings (SSSR count). The molecule has 3 aromatic rings. The van der Waals surface area contributed by atoms with E-state index >= 15 is 0 Å². The van der Waals surface area contributed by atoms with Crippen LogP contribution in [0.4, 0.5) is 0 Å². The number of aromatic nitrogens is 2. The fraction of sp³-hybridized carbons (Fsp3) is 0.348. The second-order valence-electron chi connectivity index (χ2n) is 7.33. The van der Waals surface area contributed by atoms with Gasteiger partial charge in [-0.25, -0.2) is 4.98 Å². The van der Waals surface area contributed by atoms with E-state index in [0.29, 0.717) is 54.0 Å². The molecule has 30 heavy (non-hydrogen) atoms. The molecule has 0 aliphatic carbocycles. The molecule has 0 radical (unpaired) electrons. The third-order valence-electron chi connectivity index (χ3n) is 4.92. The van der Waals surface area contributed by atoms with Gasteiger partial charge in [-0.15, -0.1) is 0 Å². The molecule has 0 spiro atoms. The van der Waals surface area contributed by atoms with E-state index in [1.54, 1.807) is 20.3 Å². The number of fused-ring (bicyclic) bond motifs is 1. The summed E-state index contributed by atoms with van der Waals surface area (Å²) in [4.78, 5) is 31.8. The second-order valence-corrected chi connectivity index (χ2v) is 7.33. The lowest BCUT2D eigenvalue weighted by molar-refractivity contribution is -0.121. The summed E-state index contributed by atoms with van der Waals surface area (Å²) in [7, 11) is 3.20. The molecule has 158 valence electrons. The highest BCUT2D eigenvalue weighted by Crippen LogP contribution is 2.27. The van der Waals surface area contributed by atoms with Gasteiger partial charge < -0.3 is 19.8 Å². The van der Waals surface area contributed by atoms with Crippen molar-refractivity contribution in [2.24, 2.45) is 5.92 Å². The third kappa shape index (κ3) is 5.37. The van der Waals surface area contributed by atoms with Crippen molar-refractivity contribution in [3.05, 3.63) is 64.2 Å². The van der Waals surface area contributed by atoms with Crippen molar-refractivity contribution in [2.45, 2.75) is 26.2 Å². The number of para-hydroxylation sites is 1. The number of H-pyrrole nitrogens is 1. The van der Waals surface area contributed by atoms with Crippen LogP contribution < -0.4 is 20.3 Å². The lowest BCUT2D eigenvalue weighted by atomic mass is 10.0.